The van der Waals surface area contributed by atoms with E-state index in [9.17, 15) is 4.79 Å². The van der Waals surface area contributed by atoms with Crippen LogP contribution in [0.15, 0.2) is 24.3 Å². The quantitative estimate of drug-likeness (QED) is 0.519. The molecule has 0 fully saturated rings. The first kappa shape index (κ1) is 14.6. The first-order chi connectivity index (χ1) is 8.77. The summed E-state index contributed by atoms with van der Waals surface area (Å²) in [5.41, 5.74) is 0.544. The Kier molecular flexibility index (Phi) is 6.92. The fraction of sp³-hybridized carbons (Fsp3) is 0.533. The number of benzene rings is 1. The maximum atomic E-state index is 11.5. The number of hydrogen-bond acceptors (Lipinski definition) is 3. The highest BCUT2D eigenvalue weighted by Gasteiger charge is 2.06. The predicted octanol–water partition coefficient (Wildman–Crippen LogP) is 3.82. The van der Waals surface area contributed by atoms with E-state index in [1.54, 1.807) is 19.1 Å². The van der Waals surface area contributed by atoms with Crippen LogP contribution >= 0.6 is 0 Å². The molecule has 0 atom stereocenters. The van der Waals surface area contributed by atoms with Gasteiger partial charge in [0.1, 0.15) is 5.75 Å². The van der Waals surface area contributed by atoms with Crippen molar-refractivity contribution in [3.63, 3.8) is 0 Å². The van der Waals surface area contributed by atoms with Crippen LogP contribution in [0.3, 0.4) is 0 Å². The van der Waals surface area contributed by atoms with Gasteiger partial charge >= 0.3 is 5.97 Å². The average molecular weight is 250 g/mol. The Hall–Kier alpha value is -1.51. The maximum Gasteiger partial charge on any atom is 0.338 e. The maximum absolute atomic E-state index is 11.5. The summed E-state index contributed by atoms with van der Waals surface area (Å²) in [4.78, 5) is 11.5. The molecule has 0 aromatic heterocycles. The van der Waals surface area contributed by atoms with E-state index in [0.29, 0.717) is 18.8 Å². The molecule has 0 aliphatic rings. The molecule has 100 valence electrons. The number of rotatable bonds is 8. The fourth-order valence-corrected chi connectivity index (χ4v) is 1.65. The van der Waals surface area contributed by atoms with E-state index in [0.717, 1.165) is 12.2 Å². The SMILES string of the molecule is CCCCCCOc1cccc(C(=O)OCC)c1. The summed E-state index contributed by atoms with van der Waals surface area (Å²) < 4.78 is 10.6. The lowest BCUT2D eigenvalue weighted by molar-refractivity contribution is 0.0526. The van der Waals surface area contributed by atoms with E-state index in [-0.39, 0.29) is 5.97 Å². The van der Waals surface area contributed by atoms with Crippen molar-refractivity contribution in [3.05, 3.63) is 29.8 Å². The third kappa shape index (κ3) is 5.21. The molecular weight excluding hydrogens is 228 g/mol. The zero-order chi connectivity index (χ0) is 13.2. The molecule has 0 amide bonds. The van der Waals surface area contributed by atoms with Gasteiger partial charge in [-0.25, -0.2) is 4.79 Å². The van der Waals surface area contributed by atoms with Crippen LogP contribution in [-0.2, 0) is 4.74 Å². The van der Waals surface area contributed by atoms with Gasteiger partial charge in [-0.3, -0.25) is 0 Å². The van der Waals surface area contributed by atoms with Crippen molar-refractivity contribution in [2.24, 2.45) is 0 Å². The Balaban J connectivity index is 2.42. The van der Waals surface area contributed by atoms with Crippen molar-refractivity contribution >= 4 is 5.97 Å². The largest absolute Gasteiger partial charge is 0.494 e. The van der Waals surface area contributed by atoms with Crippen molar-refractivity contribution in [3.8, 4) is 5.75 Å². The molecule has 3 heteroatoms. The van der Waals surface area contributed by atoms with E-state index >= 15 is 0 Å². The van der Waals surface area contributed by atoms with Gasteiger partial charge in [0.05, 0.1) is 18.8 Å². The molecule has 0 saturated heterocycles. The molecule has 0 spiro atoms. The summed E-state index contributed by atoms with van der Waals surface area (Å²) in [6.45, 7) is 5.07. The molecule has 0 aliphatic carbocycles. The Morgan fingerprint density at radius 3 is 2.72 bits per heavy atom. The van der Waals surface area contributed by atoms with Gasteiger partial charge in [0, 0.05) is 0 Å². The monoisotopic (exact) mass is 250 g/mol. The zero-order valence-corrected chi connectivity index (χ0v) is 11.3. The lowest BCUT2D eigenvalue weighted by Gasteiger charge is -2.07. The van der Waals surface area contributed by atoms with Gasteiger partial charge in [-0.2, -0.15) is 0 Å². The zero-order valence-electron chi connectivity index (χ0n) is 11.3. The summed E-state index contributed by atoms with van der Waals surface area (Å²) in [5, 5.41) is 0. The lowest BCUT2D eigenvalue weighted by atomic mass is 10.2. The average Bonchev–Trinajstić information content (AvgIpc) is 2.39. The van der Waals surface area contributed by atoms with Crippen LogP contribution in [0.1, 0.15) is 49.9 Å². The highest BCUT2D eigenvalue weighted by atomic mass is 16.5. The summed E-state index contributed by atoms with van der Waals surface area (Å²) in [7, 11) is 0. The molecule has 3 nitrogen and oxygen atoms in total. The molecule has 1 aromatic rings. The number of esters is 1. The van der Waals surface area contributed by atoms with Gasteiger partial charge in [0.2, 0.25) is 0 Å². The minimum absolute atomic E-state index is 0.297. The molecule has 1 aromatic carbocycles. The number of hydrogen-bond donors (Lipinski definition) is 0. The molecule has 0 aliphatic heterocycles. The van der Waals surface area contributed by atoms with Crippen LogP contribution in [0.5, 0.6) is 5.75 Å². The summed E-state index contributed by atoms with van der Waals surface area (Å²) in [6, 6.07) is 7.15. The fourth-order valence-electron chi connectivity index (χ4n) is 1.65. The molecular formula is C15H22O3. The molecule has 0 bridgehead atoms. The first-order valence-corrected chi connectivity index (χ1v) is 6.68. The second kappa shape index (κ2) is 8.56. The summed E-state index contributed by atoms with van der Waals surface area (Å²) in [6.07, 6.45) is 4.70. The molecule has 0 saturated carbocycles. The van der Waals surface area contributed by atoms with Crippen LogP contribution < -0.4 is 4.74 Å². The van der Waals surface area contributed by atoms with Crippen molar-refractivity contribution in [2.75, 3.05) is 13.2 Å². The van der Waals surface area contributed by atoms with Crippen molar-refractivity contribution in [1.29, 1.82) is 0 Å². The Bertz CT molecular complexity index is 361. The van der Waals surface area contributed by atoms with E-state index in [4.69, 9.17) is 9.47 Å². The van der Waals surface area contributed by atoms with Crippen LogP contribution in [0, 0.1) is 0 Å². The second-order valence-electron chi connectivity index (χ2n) is 4.16. The molecule has 0 N–H and O–H groups in total. The predicted molar refractivity (Wildman–Crippen MR) is 72.0 cm³/mol. The molecule has 0 radical (unpaired) electrons. The number of carbonyl (C=O) groups excluding carboxylic acids is 1. The normalized spacial score (nSPS) is 10.1. The number of unbranched alkanes of at least 4 members (excludes halogenated alkanes) is 3. The first-order valence-electron chi connectivity index (χ1n) is 6.68. The van der Waals surface area contributed by atoms with Crippen LogP contribution in [0.2, 0.25) is 0 Å². The topological polar surface area (TPSA) is 35.5 Å². The highest BCUT2D eigenvalue weighted by molar-refractivity contribution is 5.89. The van der Waals surface area contributed by atoms with Gasteiger partial charge in [-0.15, -0.1) is 0 Å². The molecule has 18 heavy (non-hydrogen) atoms. The minimum atomic E-state index is -0.297. The third-order valence-corrected chi connectivity index (χ3v) is 2.61. The van der Waals surface area contributed by atoms with E-state index in [1.165, 1.54) is 19.3 Å². The molecule has 0 heterocycles. The smallest absolute Gasteiger partial charge is 0.338 e. The summed E-state index contributed by atoms with van der Waals surface area (Å²) in [5.74, 6) is 0.436. The van der Waals surface area contributed by atoms with Crippen LogP contribution in [0.4, 0.5) is 0 Å². The number of carbonyl (C=O) groups is 1. The third-order valence-electron chi connectivity index (χ3n) is 2.61. The van der Waals surface area contributed by atoms with Gasteiger partial charge in [-0.05, 0) is 31.5 Å². The van der Waals surface area contributed by atoms with Gasteiger partial charge < -0.3 is 9.47 Å². The van der Waals surface area contributed by atoms with E-state index in [1.807, 2.05) is 12.1 Å². The standard InChI is InChI=1S/C15H22O3/c1-3-5-6-7-11-18-14-10-8-9-13(12-14)15(16)17-4-2/h8-10,12H,3-7,11H2,1-2H3. The van der Waals surface area contributed by atoms with E-state index < -0.39 is 0 Å². The van der Waals surface area contributed by atoms with Crippen molar-refractivity contribution in [1.82, 2.24) is 0 Å². The summed E-state index contributed by atoms with van der Waals surface area (Å²) >= 11 is 0. The Morgan fingerprint density at radius 1 is 1.17 bits per heavy atom. The molecule has 0 unspecified atom stereocenters. The Morgan fingerprint density at radius 2 is 2.00 bits per heavy atom. The van der Waals surface area contributed by atoms with Crippen LogP contribution in [-0.4, -0.2) is 19.2 Å². The second-order valence-corrected chi connectivity index (χ2v) is 4.16. The molecule has 1 rings (SSSR count). The Labute approximate surface area is 109 Å². The highest BCUT2D eigenvalue weighted by Crippen LogP contribution is 2.15. The minimum Gasteiger partial charge on any atom is -0.494 e. The van der Waals surface area contributed by atoms with Crippen LogP contribution in [0.25, 0.3) is 0 Å². The lowest BCUT2D eigenvalue weighted by Crippen LogP contribution is -2.05. The van der Waals surface area contributed by atoms with Gasteiger partial charge in [-0.1, -0.05) is 32.3 Å². The van der Waals surface area contributed by atoms with E-state index in [2.05, 4.69) is 6.92 Å². The number of ether oxygens (including phenoxy) is 2. The van der Waals surface area contributed by atoms with Gasteiger partial charge in [0.15, 0.2) is 0 Å². The van der Waals surface area contributed by atoms with Gasteiger partial charge in [0.25, 0.3) is 0 Å². The van der Waals surface area contributed by atoms with Crippen molar-refractivity contribution in [2.45, 2.75) is 39.5 Å². The van der Waals surface area contributed by atoms with Crippen molar-refractivity contribution < 1.29 is 14.3 Å².